The predicted molar refractivity (Wildman–Crippen MR) is 193 cm³/mol. The Morgan fingerprint density at radius 1 is 0.902 bits per heavy atom. The molecule has 2 aromatic carbocycles. The van der Waals surface area contributed by atoms with Gasteiger partial charge in [-0.25, -0.2) is 9.78 Å². The topological polar surface area (TPSA) is 146 Å². The van der Waals surface area contributed by atoms with E-state index < -0.39 is 18.2 Å². The monoisotopic (exact) mass is 698 g/mol. The Morgan fingerprint density at radius 3 is 2.29 bits per heavy atom. The number of benzene rings is 2. The number of carbonyl (C=O) groups is 4. The van der Waals surface area contributed by atoms with Crippen LogP contribution in [-0.2, 0) is 30.5 Å². The Labute approximate surface area is 299 Å². The zero-order chi connectivity index (χ0) is 36.1. The predicted octanol–water partition coefficient (Wildman–Crippen LogP) is 6.05. The molecule has 1 aromatic heterocycles. The maximum Gasteiger partial charge on any atom is 0.407 e. The van der Waals surface area contributed by atoms with E-state index in [2.05, 4.69) is 15.6 Å². The van der Waals surface area contributed by atoms with Crippen LogP contribution in [0.15, 0.2) is 48.5 Å². The minimum atomic E-state index is -0.669. The van der Waals surface area contributed by atoms with Crippen molar-refractivity contribution in [2.45, 2.75) is 90.4 Å². The number of hydrogen-bond acceptors (Lipinski definition) is 7. The maximum atomic E-state index is 13.7. The summed E-state index contributed by atoms with van der Waals surface area (Å²) in [6.45, 7) is 8.10. The van der Waals surface area contributed by atoms with Gasteiger partial charge in [-0.15, -0.1) is 0 Å². The number of carbonyl (C=O) groups excluding carboxylic acids is 4. The summed E-state index contributed by atoms with van der Waals surface area (Å²) >= 11 is 0. The molecule has 2 bridgehead atoms. The summed E-state index contributed by atoms with van der Waals surface area (Å²) in [4.78, 5) is 64.1. The van der Waals surface area contributed by atoms with Gasteiger partial charge in [-0.1, -0.05) is 57.2 Å². The molecule has 12 heteroatoms. The van der Waals surface area contributed by atoms with Crippen LogP contribution < -0.4 is 10.6 Å². The van der Waals surface area contributed by atoms with Crippen LogP contribution in [0.5, 0.6) is 0 Å². The van der Waals surface area contributed by atoms with Gasteiger partial charge in [0.05, 0.1) is 31.1 Å². The van der Waals surface area contributed by atoms with E-state index in [1.165, 1.54) is 7.11 Å². The molecule has 0 aliphatic carbocycles. The van der Waals surface area contributed by atoms with Gasteiger partial charge in [0.2, 0.25) is 17.7 Å². The van der Waals surface area contributed by atoms with E-state index in [0.717, 1.165) is 60.2 Å². The molecule has 6 rings (SSSR count). The van der Waals surface area contributed by atoms with Gasteiger partial charge in [-0.05, 0) is 74.1 Å². The van der Waals surface area contributed by atoms with Gasteiger partial charge < -0.3 is 34.9 Å². The third-order valence-electron chi connectivity index (χ3n) is 10.6. The second-order valence-corrected chi connectivity index (χ2v) is 14.2. The molecule has 0 unspecified atom stereocenters. The second-order valence-electron chi connectivity index (χ2n) is 14.2. The van der Waals surface area contributed by atoms with Crippen LogP contribution in [0.1, 0.15) is 83.3 Å². The van der Waals surface area contributed by atoms with Crippen LogP contribution in [0, 0.1) is 11.8 Å². The fourth-order valence-corrected chi connectivity index (χ4v) is 7.27. The van der Waals surface area contributed by atoms with E-state index in [-0.39, 0.29) is 35.6 Å². The van der Waals surface area contributed by atoms with E-state index in [9.17, 15) is 19.2 Å². The van der Waals surface area contributed by atoms with Gasteiger partial charge in [0, 0.05) is 36.9 Å². The number of rotatable bonds is 7. The molecule has 0 spiro atoms. The molecule has 0 saturated carbocycles. The first kappa shape index (κ1) is 36.1. The first-order chi connectivity index (χ1) is 24.6. The summed E-state index contributed by atoms with van der Waals surface area (Å²) in [6.07, 6.45) is 4.49. The lowest BCUT2D eigenvalue weighted by Crippen LogP contribution is -2.48. The van der Waals surface area contributed by atoms with Crippen molar-refractivity contribution in [2.75, 3.05) is 32.1 Å². The van der Waals surface area contributed by atoms with Crippen molar-refractivity contribution in [2.24, 2.45) is 11.8 Å². The second kappa shape index (κ2) is 16.1. The average Bonchev–Trinajstić information content (AvgIpc) is 3.92. The van der Waals surface area contributed by atoms with E-state index >= 15 is 0 Å². The maximum absolute atomic E-state index is 13.7. The third-order valence-corrected chi connectivity index (χ3v) is 10.6. The number of amides is 4. The molecule has 0 radical (unpaired) electrons. The molecular weight excluding hydrogens is 648 g/mol. The van der Waals surface area contributed by atoms with Gasteiger partial charge in [0.1, 0.15) is 17.9 Å². The molecule has 4 atom stereocenters. The van der Waals surface area contributed by atoms with Gasteiger partial charge in [-0.3, -0.25) is 14.4 Å². The number of aromatic amines is 1. The largest absolute Gasteiger partial charge is 0.453 e. The zero-order valence-corrected chi connectivity index (χ0v) is 30.1. The summed E-state index contributed by atoms with van der Waals surface area (Å²) in [5, 5.41) is 5.76. The van der Waals surface area contributed by atoms with Crippen LogP contribution in [0.3, 0.4) is 0 Å². The van der Waals surface area contributed by atoms with E-state index in [4.69, 9.17) is 14.5 Å². The molecule has 12 nitrogen and oxygen atoms in total. The van der Waals surface area contributed by atoms with Gasteiger partial charge >= 0.3 is 6.09 Å². The average molecular weight is 699 g/mol. The van der Waals surface area contributed by atoms with Crippen LogP contribution in [-0.4, -0.2) is 82.5 Å². The van der Waals surface area contributed by atoms with Gasteiger partial charge in [-0.2, -0.15) is 0 Å². The summed E-state index contributed by atoms with van der Waals surface area (Å²) in [5.41, 5.74) is 5.29. The lowest BCUT2D eigenvalue weighted by molar-refractivity contribution is -0.140. The van der Waals surface area contributed by atoms with Crippen molar-refractivity contribution < 1.29 is 28.7 Å². The Kier molecular flexibility index (Phi) is 11.4. The number of H-pyrrole nitrogens is 1. The van der Waals surface area contributed by atoms with E-state index in [1.54, 1.807) is 4.90 Å². The van der Waals surface area contributed by atoms with Crippen molar-refractivity contribution in [3.05, 3.63) is 60.0 Å². The van der Waals surface area contributed by atoms with Crippen molar-refractivity contribution in [1.29, 1.82) is 0 Å². The van der Waals surface area contributed by atoms with Gasteiger partial charge in [0.25, 0.3) is 0 Å². The number of ether oxygens (including phenoxy) is 2. The molecular formula is C39H50N6O6. The molecule has 2 fully saturated rings. The van der Waals surface area contributed by atoms with Crippen molar-refractivity contribution in [3.63, 3.8) is 0 Å². The number of hydrogen-bond donors (Lipinski definition) is 3. The Hall–Kier alpha value is -4.71. The van der Waals surface area contributed by atoms with Crippen LogP contribution in [0.4, 0.5) is 10.5 Å². The lowest BCUT2D eigenvalue weighted by Gasteiger charge is -2.28. The van der Waals surface area contributed by atoms with Crippen molar-refractivity contribution >= 4 is 29.5 Å². The number of alkyl carbamates (subject to hydrolysis) is 1. The van der Waals surface area contributed by atoms with Crippen LogP contribution in [0.2, 0.25) is 0 Å². The molecule has 51 heavy (non-hydrogen) atoms. The molecule has 272 valence electrons. The highest BCUT2D eigenvalue weighted by Crippen LogP contribution is 2.35. The molecule has 3 aromatic rings. The fraction of sp³-hybridized carbons (Fsp3) is 0.513. The summed E-state index contributed by atoms with van der Waals surface area (Å²) < 4.78 is 10.8. The SMILES string of the molecule is COC(=O)N[C@H]1CCCCOCc2[nH]c(nc2-c2ccc(-c3ccc(NC(=O)[C@@H]4CCCN4C(=O)[C@@H](C)C(C)C)cc3)cc2)[C@@H]2CCCN2C1=O. The lowest BCUT2D eigenvalue weighted by atomic mass is 9.96. The minimum absolute atomic E-state index is 0.0472. The zero-order valence-electron chi connectivity index (χ0n) is 30.1. The number of nitrogens with one attached hydrogen (secondary N) is 3. The number of fused-ring (bicyclic) bond motifs is 4. The number of imidazole rings is 1. The molecule has 3 aliphatic heterocycles. The summed E-state index contributed by atoms with van der Waals surface area (Å²) in [5.74, 6) is 0.592. The minimum Gasteiger partial charge on any atom is -0.453 e. The first-order valence-electron chi connectivity index (χ1n) is 18.3. The number of nitrogens with zero attached hydrogens (tertiary/aromatic N) is 3. The highest BCUT2D eigenvalue weighted by Gasteiger charge is 2.38. The molecule has 2 saturated heterocycles. The smallest absolute Gasteiger partial charge is 0.407 e. The number of methoxy groups -OCH3 is 1. The van der Waals surface area contributed by atoms with Gasteiger partial charge in [0.15, 0.2) is 0 Å². The number of anilines is 1. The Bertz CT molecular complexity index is 1700. The van der Waals surface area contributed by atoms with Crippen LogP contribution >= 0.6 is 0 Å². The molecule has 3 aliphatic rings. The normalized spacial score (nSPS) is 21.7. The van der Waals surface area contributed by atoms with Crippen LogP contribution in [0.25, 0.3) is 22.4 Å². The van der Waals surface area contributed by atoms with E-state index in [0.29, 0.717) is 50.7 Å². The van der Waals surface area contributed by atoms with Crippen molar-refractivity contribution in [1.82, 2.24) is 25.1 Å². The highest BCUT2D eigenvalue weighted by atomic mass is 16.5. The highest BCUT2D eigenvalue weighted by molar-refractivity contribution is 5.98. The molecule has 3 N–H and O–H groups in total. The number of aromatic nitrogens is 2. The standard InChI is InChI=1S/C39H50N6O6/c1-24(2)25(3)37(47)45-21-8-11-33(45)36(46)40-29-18-16-27(17-19-29)26-12-14-28(15-13-26)34-31-23-51-22-6-5-9-30(42-39(49)50-4)38(48)44-20-7-10-32(44)35(41-31)43-34/h12-19,24-25,30,32-33H,5-11,20-23H2,1-4H3,(H,40,46)(H,41,43)(H,42,49)/t25-,30-,32-,33-/m0/s1. The van der Waals surface area contributed by atoms with Crippen molar-refractivity contribution in [3.8, 4) is 22.4 Å². The number of likely N-dealkylation sites (tertiary alicyclic amines) is 1. The fourth-order valence-electron chi connectivity index (χ4n) is 7.27. The quantitative estimate of drug-likeness (QED) is 0.272. The summed E-state index contributed by atoms with van der Waals surface area (Å²) in [7, 11) is 1.30. The Morgan fingerprint density at radius 2 is 1.59 bits per heavy atom. The molecule has 4 amide bonds. The van der Waals surface area contributed by atoms with E-state index in [1.807, 2.05) is 74.2 Å². The molecule has 4 heterocycles. The first-order valence-corrected chi connectivity index (χ1v) is 18.3. The summed E-state index contributed by atoms with van der Waals surface area (Å²) in [6, 6.07) is 14.6. The Balaban J connectivity index is 1.16. The third kappa shape index (κ3) is 8.11.